The van der Waals surface area contributed by atoms with E-state index in [1.165, 1.54) is 44.9 Å². The number of carboxylic acid groups (broad SMARTS) is 1. The van der Waals surface area contributed by atoms with Crippen molar-refractivity contribution in [1.29, 1.82) is 0 Å². The van der Waals surface area contributed by atoms with Crippen molar-refractivity contribution in [2.45, 2.75) is 78.1 Å². The fourth-order valence-electron chi connectivity index (χ4n) is 1.84. The summed E-state index contributed by atoms with van der Waals surface area (Å²) in [6.45, 7) is 4.29. The molecular formula is C18H34O3. The molecule has 3 heteroatoms. The van der Waals surface area contributed by atoms with E-state index in [2.05, 4.69) is 6.92 Å². The smallest absolute Gasteiger partial charge is 0.303 e. The van der Waals surface area contributed by atoms with Crippen molar-refractivity contribution in [3.63, 3.8) is 0 Å². The molecule has 0 fully saturated rings. The van der Waals surface area contributed by atoms with Crippen LogP contribution in [0, 0.1) is 0 Å². The van der Waals surface area contributed by atoms with Gasteiger partial charge in [0.05, 0.1) is 6.61 Å². The van der Waals surface area contributed by atoms with Gasteiger partial charge in [-0.2, -0.15) is 0 Å². The van der Waals surface area contributed by atoms with Gasteiger partial charge in [-0.25, -0.2) is 0 Å². The number of carboxylic acids is 1. The van der Waals surface area contributed by atoms with Gasteiger partial charge >= 0.3 is 5.97 Å². The molecule has 0 heterocycles. The summed E-state index contributed by atoms with van der Waals surface area (Å²) in [6, 6.07) is 0. The van der Waals surface area contributed by atoms with E-state index < -0.39 is 5.97 Å². The fourth-order valence-corrected chi connectivity index (χ4v) is 1.84. The number of aliphatic carboxylic acids is 1. The van der Waals surface area contributed by atoms with E-state index in [1.807, 2.05) is 19.1 Å². The molecule has 0 aromatic heterocycles. The summed E-state index contributed by atoms with van der Waals surface area (Å²) in [5.41, 5.74) is 0. The van der Waals surface area contributed by atoms with Gasteiger partial charge in [0.25, 0.3) is 0 Å². The first kappa shape index (κ1) is 22.2. The van der Waals surface area contributed by atoms with Crippen LogP contribution in [0.2, 0.25) is 0 Å². The molecule has 0 aliphatic rings. The van der Waals surface area contributed by atoms with Crippen LogP contribution in [0.4, 0.5) is 0 Å². The van der Waals surface area contributed by atoms with Gasteiger partial charge in [-0.05, 0) is 13.3 Å². The van der Waals surface area contributed by atoms with Gasteiger partial charge in [0.1, 0.15) is 0 Å². The molecule has 21 heavy (non-hydrogen) atoms. The van der Waals surface area contributed by atoms with Gasteiger partial charge in [0.15, 0.2) is 0 Å². The Hall–Kier alpha value is -1.09. The zero-order valence-electron chi connectivity index (χ0n) is 13.9. The molecule has 0 radical (unpaired) electrons. The minimum atomic E-state index is -0.659. The third kappa shape index (κ3) is 27.9. The second kappa shape index (κ2) is 21.2. The lowest BCUT2D eigenvalue weighted by Crippen LogP contribution is -1.93. The molecule has 0 spiro atoms. The standard InChI is InChI=1S/C12H24O2.C6H10O/c1-2-3-4-5-6-7-8-9-10-11-12(13)14;1-2-3-4-5-6-7/h2-11H2,1H3,(H,13,14);2-5,7H,6H2,1H3. The fraction of sp³-hybridized carbons (Fsp3) is 0.722. The van der Waals surface area contributed by atoms with Gasteiger partial charge in [-0.15, -0.1) is 0 Å². The Bertz CT molecular complexity index is 257. The van der Waals surface area contributed by atoms with Crippen molar-refractivity contribution in [2.24, 2.45) is 0 Å². The first-order valence-electron chi connectivity index (χ1n) is 8.29. The Morgan fingerprint density at radius 1 is 0.905 bits per heavy atom. The van der Waals surface area contributed by atoms with E-state index in [0.29, 0.717) is 6.42 Å². The molecule has 0 bridgehead atoms. The number of allylic oxidation sites excluding steroid dienone is 3. The third-order valence-corrected chi connectivity index (χ3v) is 3.04. The third-order valence-electron chi connectivity index (χ3n) is 3.04. The van der Waals surface area contributed by atoms with Crippen molar-refractivity contribution in [1.82, 2.24) is 0 Å². The van der Waals surface area contributed by atoms with E-state index in [1.54, 1.807) is 12.2 Å². The Morgan fingerprint density at radius 3 is 1.86 bits per heavy atom. The molecule has 0 unspecified atom stereocenters. The summed E-state index contributed by atoms with van der Waals surface area (Å²) in [5, 5.41) is 16.6. The van der Waals surface area contributed by atoms with E-state index in [4.69, 9.17) is 10.2 Å². The molecular weight excluding hydrogens is 264 g/mol. The summed E-state index contributed by atoms with van der Waals surface area (Å²) in [6.07, 6.45) is 18.7. The number of hydrogen-bond donors (Lipinski definition) is 2. The summed E-state index contributed by atoms with van der Waals surface area (Å²) >= 11 is 0. The second-order valence-electron chi connectivity index (χ2n) is 5.11. The lowest BCUT2D eigenvalue weighted by molar-refractivity contribution is -0.137. The Kier molecular flexibility index (Phi) is 22.4. The van der Waals surface area contributed by atoms with Crippen molar-refractivity contribution in [3.05, 3.63) is 24.3 Å². The van der Waals surface area contributed by atoms with Crippen molar-refractivity contribution in [3.8, 4) is 0 Å². The highest BCUT2D eigenvalue weighted by molar-refractivity contribution is 5.66. The first-order valence-corrected chi connectivity index (χ1v) is 8.29. The molecule has 124 valence electrons. The molecule has 0 saturated heterocycles. The first-order chi connectivity index (χ1) is 10.2. The maximum absolute atomic E-state index is 10.2. The van der Waals surface area contributed by atoms with Crippen LogP contribution in [0.25, 0.3) is 0 Å². The van der Waals surface area contributed by atoms with Gasteiger partial charge in [-0.1, -0.05) is 82.6 Å². The molecule has 0 amide bonds. The topological polar surface area (TPSA) is 57.5 Å². The summed E-state index contributed by atoms with van der Waals surface area (Å²) < 4.78 is 0. The molecule has 0 aliphatic heterocycles. The number of aliphatic hydroxyl groups is 1. The predicted octanol–water partition coefficient (Wildman–Crippen LogP) is 5.10. The van der Waals surface area contributed by atoms with Gasteiger partial charge in [0, 0.05) is 6.42 Å². The molecule has 0 aliphatic carbocycles. The minimum absolute atomic E-state index is 0.129. The second-order valence-corrected chi connectivity index (χ2v) is 5.11. The summed E-state index contributed by atoms with van der Waals surface area (Å²) in [5.74, 6) is -0.659. The van der Waals surface area contributed by atoms with Crippen molar-refractivity contribution < 1.29 is 15.0 Å². The van der Waals surface area contributed by atoms with Crippen molar-refractivity contribution >= 4 is 5.97 Å². The molecule has 0 saturated carbocycles. The zero-order valence-corrected chi connectivity index (χ0v) is 13.9. The number of carbonyl (C=O) groups is 1. The molecule has 3 nitrogen and oxygen atoms in total. The monoisotopic (exact) mass is 298 g/mol. The normalized spacial score (nSPS) is 10.8. The number of unbranched alkanes of at least 4 members (excludes halogenated alkanes) is 8. The van der Waals surface area contributed by atoms with Gasteiger partial charge in [0.2, 0.25) is 0 Å². The van der Waals surface area contributed by atoms with Crippen LogP contribution in [0.3, 0.4) is 0 Å². The van der Waals surface area contributed by atoms with Crippen LogP contribution in [-0.2, 0) is 4.79 Å². The SMILES string of the molecule is CC=CC=CCO.CCCCCCCCCCCC(=O)O. The highest BCUT2D eigenvalue weighted by Gasteiger charge is 1.96. The summed E-state index contributed by atoms with van der Waals surface area (Å²) in [7, 11) is 0. The molecule has 0 rings (SSSR count). The van der Waals surface area contributed by atoms with Crippen molar-refractivity contribution in [2.75, 3.05) is 6.61 Å². The van der Waals surface area contributed by atoms with Crippen LogP contribution in [0.5, 0.6) is 0 Å². The van der Waals surface area contributed by atoms with Crippen LogP contribution in [0.15, 0.2) is 24.3 Å². The predicted molar refractivity (Wildman–Crippen MR) is 90.5 cm³/mol. The average molecular weight is 298 g/mol. The Labute approximate surface area is 130 Å². The van der Waals surface area contributed by atoms with E-state index >= 15 is 0 Å². The number of rotatable bonds is 12. The summed E-state index contributed by atoms with van der Waals surface area (Å²) in [4.78, 5) is 10.2. The maximum Gasteiger partial charge on any atom is 0.303 e. The van der Waals surface area contributed by atoms with Gasteiger partial charge < -0.3 is 10.2 Å². The molecule has 0 aromatic carbocycles. The largest absolute Gasteiger partial charge is 0.481 e. The van der Waals surface area contributed by atoms with E-state index in [-0.39, 0.29) is 6.61 Å². The van der Waals surface area contributed by atoms with Gasteiger partial charge in [-0.3, -0.25) is 4.79 Å². The van der Waals surface area contributed by atoms with Crippen LogP contribution >= 0.6 is 0 Å². The Morgan fingerprint density at radius 2 is 1.43 bits per heavy atom. The number of hydrogen-bond acceptors (Lipinski definition) is 2. The van der Waals surface area contributed by atoms with Crippen LogP contribution in [0.1, 0.15) is 78.1 Å². The average Bonchev–Trinajstić information content (AvgIpc) is 2.46. The maximum atomic E-state index is 10.2. The number of aliphatic hydroxyl groups excluding tert-OH is 1. The van der Waals surface area contributed by atoms with E-state index in [0.717, 1.165) is 12.8 Å². The Balaban J connectivity index is 0. The van der Waals surface area contributed by atoms with Crippen LogP contribution in [-0.4, -0.2) is 22.8 Å². The lowest BCUT2D eigenvalue weighted by Gasteiger charge is -2.00. The minimum Gasteiger partial charge on any atom is -0.481 e. The highest BCUT2D eigenvalue weighted by atomic mass is 16.4. The van der Waals surface area contributed by atoms with Crippen LogP contribution < -0.4 is 0 Å². The zero-order chi connectivity index (χ0) is 16.2. The lowest BCUT2D eigenvalue weighted by atomic mass is 10.1. The molecule has 0 aromatic rings. The highest BCUT2D eigenvalue weighted by Crippen LogP contribution is 2.10. The molecule has 2 N–H and O–H groups in total. The quantitative estimate of drug-likeness (QED) is 0.389. The van der Waals surface area contributed by atoms with E-state index in [9.17, 15) is 4.79 Å². The molecule has 0 atom stereocenters.